The van der Waals surface area contributed by atoms with Gasteiger partial charge in [0.15, 0.2) is 11.7 Å². The summed E-state index contributed by atoms with van der Waals surface area (Å²) in [5.74, 6) is 1.27. The Balaban J connectivity index is 1.97. The van der Waals surface area contributed by atoms with E-state index in [0.29, 0.717) is 11.6 Å². The third-order valence-electron chi connectivity index (χ3n) is 3.63. The predicted molar refractivity (Wildman–Crippen MR) is 80.9 cm³/mol. The average Bonchev–Trinajstić information content (AvgIpc) is 2.53. The quantitative estimate of drug-likeness (QED) is 0.380. The van der Waals surface area contributed by atoms with E-state index in [2.05, 4.69) is 45.1 Å². The predicted octanol–water partition coefficient (Wildman–Crippen LogP) is 1.90. The summed E-state index contributed by atoms with van der Waals surface area (Å²) < 4.78 is 0. The van der Waals surface area contributed by atoms with Crippen LogP contribution in [0.2, 0.25) is 0 Å². The molecule has 21 heavy (non-hydrogen) atoms. The number of fused-ring (bicyclic) bond motifs is 1. The molecule has 2 heterocycles. The first-order chi connectivity index (χ1) is 10.2. The summed E-state index contributed by atoms with van der Waals surface area (Å²) >= 11 is 0. The van der Waals surface area contributed by atoms with E-state index >= 15 is 0 Å². The van der Waals surface area contributed by atoms with Gasteiger partial charge in [-0.2, -0.15) is 0 Å². The fourth-order valence-electron chi connectivity index (χ4n) is 2.66. The van der Waals surface area contributed by atoms with E-state index < -0.39 is 0 Å². The van der Waals surface area contributed by atoms with Crippen LogP contribution in [0.4, 0.5) is 11.5 Å². The maximum absolute atomic E-state index is 8.66. The number of hydrogen-bond donors (Lipinski definition) is 2. The first kappa shape index (κ1) is 13.4. The molecular formula is C15H17N5O. The summed E-state index contributed by atoms with van der Waals surface area (Å²) in [5.41, 5.74) is 8.35. The van der Waals surface area contributed by atoms with Gasteiger partial charge < -0.3 is 15.8 Å². The van der Waals surface area contributed by atoms with Crippen molar-refractivity contribution in [2.45, 2.75) is 13.3 Å². The molecule has 0 amide bonds. The van der Waals surface area contributed by atoms with Crippen LogP contribution in [-0.4, -0.2) is 27.6 Å². The maximum atomic E-state index is 8.66. The highest BCUT2D eigenvalue weighted by molar-refractivity contribution is 5.94. The molecule has 0 saturated heterocycles. The third-order valence-corrected chi connectivity index (χ3v) is 3.63. The van der Waals surface area contributed by atoms with Crippen molar-refractivity contribution in [1.29, 1.82) is 0 Å². The minimum atomic E-state index is -0.0403. The molecule has 1 atom stereocenters. The van der Waals surface area contributed by atoms with Gasteiger partial charge in [0.1, 0.15) is 5.69 Å². The SMILES string of the molecule is CC1Cc2ccccc2N(c2cnc(C(N)=NO)cn2)C1. The van der Waals surface area contributed by atoms with Gasteiger partial charge in [0.25, 0.3) is 0 Å². The largest absolute Gasteiger partial charge is 0.409 e. The molecule has 0 saturated carbocycles. The van der Waals surface area contributed by atoms with Crippen molar-refractivity contribution in [3.8, 4) is 0 Å². The molecule has 6 heteroatoms. The standard InChI is InChI=1S/C15H17N5O/c1-10-6-11-4-2-3-5-13(11)20(9-10)14-8-17-12(7-18-14)15(16)19-21/h2-5,7-8,10,21H,6,9H2,1H3,(H2,16,19). The maximum Gasteiger partial charge on any atom is 0.190 e. The molecule has 1 aliphatic heterocycles. The molecule has 0 fully saturated rings. The van der Waals surface area contributed by atoms with Crippen LogP contribution >= 0.6 is 0 Å². The van der Waals surface area contributed by atoms with Crippen LogP contribution < -0.4 is 10.6 Å². The lowest BCUT2D eigenvalue weighted by molar-refractivity contribution is 0.318. The summed E-state index contributed by atoms with van der Waals surface area (Å²) in [5, 5.41) is 11.6. The second-order valence-corrected chi connectivity index (χ2v) is 5.29. The van der Waals surface area contributed by atoms with Gasteiger partial charge in [-0.3, -0.25) is 0 Å². The van der Waals surface area contributed by atoms with Gasteiger partial charge in [-0.05, 0) is 24.0 Å². The van der Waals surface area contributed by atoms with Crippen molar-refractivity contribution in [2.24, 2.45) is 16.8 Å². The van der Waals surface area contributed by atoms with Crippen LogP contribution in [0.15, 0.2) is 41.8 Å². The average molecular weight is 283 g/mol. The van der Waals surface area contributed by atoms with Crippen LogP contribution in [0.1, 0.15) is 18.2 Å². The fourth-order valence-corrected chi connectivity index (χ4v) is 2.66. The number of anilines is 2. The van der Waals surface area contributed by atoms with Gasteiger partial charge in [-0.1, -0.05) is 30.3 Å². The molecule has 108 valence electrons. The van der Waals surface area contributed by atoms with Crippen molar-refractivity contribution in [3.63, 3.8) is 0 Å². The van der Waals surface area contributed by atoms with Gasteiger partial charge in [0.05, 0.1) is 12.4 Å². The highest BCUT2D eigenvalue weighted by Gasteiger charge is 2.23. The Kier molecular flexibility index (Phi) is 3.43. The number of nitrogens with zero attached hydrogens (tertiary/aromatic N) is 4. The minimum absolute atomic E-state index is 0.0403. The van der Waals surface area contributed by atoms with Crippen LogP contribution in [0.5, 0.6) is 0 Å². The molecule has 1 aromatic heterocycles. The number of benzene rings is 1. The second-order valence-electron chi connectivity index (χ2n) is 5.29. The molecule has 3 rings (SSSR count). The monoisotopic (exact) mass is 283 g/mol. The number of rotatable bonds is 2. The lowest BCUT2D eigenvalue weighted by atomic mass is 9.94. The summed E-state index contributed by atoms with van der Waals surface area (Å²) in [4.78, 5) is 10.8. The van der Waals surface area contributed by atoms with Crippen LogP contribution in [-0.2, 0) is 6.42 Å². The topological polar surface area (TPSA) is 87.6 Å². The van der Waals surface area contributed by atoms with Gasteiger partial charge in [-0.15, -0.1) is 0 Å². The normalized spacial score (nSPS) is 18.4. The number of hydrogen-bond acceptors (Lipinski definition) is 5. The van der Waals surface area contributed by atoms with E-state index in [4.69, 9.17) is 10.9 Å². The van der Waals surface area contributed by atoms with E-state index in [1.54, 1.807) is 6.20 Å². The summed E-state index contributed by atoms with van der Waals surface area (Å²) in [6.45, 7) is 3.12. The Morgan fingerprint density at radius 2 is 2.14 bits per heavy atom. The van der Waals surface area contributed by atoms with Crippen molar-refractivity contribution < 1.29 is 5.21 Å². The minimum Gasteiger partial charge on any atom is -0.409 e. The number of amidine groups is 1. The number of aromatic nitrogens is 2. The van der Waals surface area contributed by atoms with E-state index in [9.17, 15) is 0 Å². The van der Waals surface area contributed by atoms with Crippen LogP contribution in [0, 0.1) is 5.92 Å². The fraction of sp³-hybridized carbons (Fsp3) is 0.267. The molecule has 1 aliphatic rings. The molecule has 0 spiro atoms. The Labute approximate surface area is 122 Å². The molecule has 3 N–H and O–H groups in total. The van der Waals surface area contributed by atoms with Crippen LogP contribution in [0.3, 0.4) is 0 Å². The molecule has 1 unspecified atom stereocenters. The van der Waals surface area contributed by atoms with Gasteiger partial charge >= 0.3 is 0 Å². The Morgan fingerprint density at radius 3 is 2.86 bits per heavy atom. The number of para-hydroxylation sites is 1. The molecule has 6 nitrogen and oxygen atoms in total. The van der Waals surface area contributed by atoms with Gasteiger partial charge in [0, 0.05) is 12.2 Å². The van der Waals surface area contributed by atoms with E-state index in [1.807, 2.05) is 6.07 Å². The molecular weight excluding hydrogens is 266 g/mol. The van der Waals surface area contributed by atoms with E-state index in [1.165, 1.54) is 17.4 Å². The molecule has 1 aromatic carbocycles. The Hall–Kier alpha value is -2.63. The van der Waals surface area contributed by atoms with Crippen molar-refractivity contribution in [1.82, 2.24) is 9.97 Å². The molecule has 0 aliphatic carbocycles. The lowest BCUT2D eigenvalue weighted by Gasteiger charge is -2.33. The summed E-state index contributed by atoms with van der Waals surface area (Å²) in [6.07, 6.45) is 4.25. The highest BCUT2D eigenvalue weighted by Crippen LogP contribution is 2.33. The van der Waals surface area contributed by atoms with Gasteiger partial charge in [-0.25, -0.2) is 9.97 Å². The first-order valence-electron chi connectivity index (χ1n) is 6.84. The molecule has 2 aromatic rings. The Morgan fingerprint density at radius 1 is 1.33 bits per heavy atom. The summed E-state index contributed by atoms with van der Waals surface area (Å²) in [7, 11) is 0. The third kappa shape index (κ3) is 2.52. The van der Waals surface area contributed by atoms with Crippen molar-refractivity contribution >= 4 is 17.3 Å². The smallest absolute Gasteiger partial charge is 0.190 e. The molecule has 0 radical (unpaired) electrons. The second kappa shape index (κ2) is 5.40. The zero-order valence-corrected chi connectivity index (χ0v) is 11.8. The number of nitrogens with two attached hydrogens (primary N) is 1. The van der Waals surface area contributed by atoms with E-state index in [0.717, 1.165) is 18.8 Å². The highest BCUT2D eigenvalue weighted by atomic mass is 16.4. The van der Waals surface area contributed by atoms with Crippen LogP contribution in [0.25, 0.3) is 0 Å². The van der Waals surface area contributed by atoms with E-state index in [-0.39, 0.29) is 5.84 Å². The first-order valence-corrected chi connectivity index (χ1v) is 6.84. The number of oxime groups is 1. The summed E-state index contributed by atoms with van der Waals surface area (Å²) in [6, 6.07) is 8.33. The van der Waals surface area contributed by atoms with Crippen molar-refractivity contribution in [2.75, 3.05) is 11.4 Å². The van der Waals surface area contributed by atoms with Gasteiger partial charge in [0.2, 0.25) is 0 Å². The Bertz CT molecular complexity index is 668. The van der Waals surface area contributed by atoms with Crippen molar-refractivity contribution in [3.05, 3.63) is 47.9 Å². The zero-order valence-electron chi connectivity index (χ0n) is 11.8. The zero-order chi connectivity index (χ0) is 14.8. The molecule has 0 bridgehead atoms. The lowest BCUT2D eigenvalue weighted by Crippen LogP contribution is -2.31.